The lowest BCUT2D eigenvalue weighted by Gasteiger charge is -1.99. The minimum atomic E-state index is -0.468. The summed E-state index contributed by atoms with van der Waals surface area (Å²) in [6.07, 6.45) is 1.60. The zero-order chi connectivity index (χ0) is 13.1. The van der Waals surface area contributed by atoms with Crippen LogP contribution in [0.1, 0.15) is 22.8 Å². The Labute approximate surface area is 104 Å². The number of benzene rings is 1. The molecule has 0 saturated heterocycles. The van der Waals surface area contributed by atoms with Crippen LogP contribution < -0.4 is 0 Å². The van der Waals surface area contributed by atoms with Crippen molar-refractivity contribution in [1.82, 2.24) is 0 Å². The van der Waals surface area contributed by atoms with E-state index in [1.807, 2.05) is 0 Å². The van der Waals surface area contributed by atoms with Crippen molar-refractivity contribution in [2.45, 2.75) is 6.92 Å². The highest BCUT2D eigenvalue weighted by Crippen LogP contribution is 2.15. The lowest BCUT2D eigenvalue weighted by Crippen LogP contribution is -2.01. The molecule has 1 aliphatic heterocycles. The molecular formula is C13H11NO4. The fourth-order valence-corrected chi connectivity index (χ4v) is 1.51. The fourth-order valence-electron chi connectivity index (χ4n) is 1.51. The SMILES string of the molecule is COC(=O)c1ccc(C=C2N=C(C)OC2=O)cc1. The molecule has 0 aliphatic carbocycles. The topological polar surface area (TPSA) is 65.0 Å². The highest BCUT2D eigenvalue weighted by molar-refractivity contribution is 6.06. The summed E-state index contributed by atoms with van der Waals surface area (Å²) in [6, 6.07) is 6.65. The first kappa shape index (κ1) is 12.0. The van der Waals surface area contributed by atoms with Gasteiger partial charge in [-0.1, -0.05) is 12.1 Å². The van der Waals surface area contributed by atoms with Gasteiger partial charge in [0, 0.05) is 6.92 Å². The Kier molecular flexibility index (Phi) is 3.23. The van der Waals surface area contributed by atoms with Crippen LogP contribution in [0.3, 0.4) is 0 Å². The Balaban J connectivity index is 2.23. The first-order chi connectivity index (χ1) is 8.60. The van der Waals surface area contributed by atoms with Gasteiger partial charge in [-0.3, -0.25) is 0 Å². The molecule has 1 aromatic carbocycles. The van der Waals surface area contributed by atoms with Gasteiger partial charge < -0.3 is 9.47 Å². The van der Waals surface area contributed by atoms with Gasteiger partial charge in [0.2, 0.25) is 0 Å². The maximum absolute atomic E-state index is 11.3. The molecule has 0 spiro atoms. The molecule has 0 saturated carbocycles. The zero-order valence-corrected chi connectivity index (χ0v) is 9.97. The van der Waals surface area contributed by atoms with Gasteiger partial charge in [0.15, 0.2) is 11.6 Å². The molecule has 0 amide bonds. The molecule has 0 aromatic heterocycles. The smallest absolute Gasteiger partial charge is 0.363 e. The summed E-state index contributed by atoms with van der Waals surface area (Å²) in [6.45, 7) is 1.61. The molecule has 0 fully saturated rings. The summed E-state index contributed by atoms with van der Waals surface area (Å²) in [5.41, 5.74) is 1.46. The fraction of sp³-hybridized carbons (Fsp3) is 0.154. The summed E-state index contributed by atoms with van der Waals surface area (Å²) in [7, 11) is 1.32. The Bertz CT molecular complexity index is 555. The van der Waals surface area contributed by atoms with Crippen molar-refractivity contribution < 1.29 is 19.1 Å². The minimum absolute atomic E-state index is 0.248. The highest BCUT2D eigenvalue weighted by Gasteiger charge is 2.19. The molecule has 2 rings (SSSR count). The normalized spacial score (nSPS) is 16.4. The molecule has 1 aromatic rings. The summed E-state index contributed by atoms with van der Waals surface area (Å²) < 4.78 is 9.38. The third kappa shape index (κ3) is 2.45. The van der Waals surface area contributed by atoms with Gasteiger partial charge in [0.1, 0.15) is 0 Å². The van der Waals surface area contributed by atoms with Crippen molar-refractivity contribution in [1.29, 1.82) is 0 Å². The summed E-state index contributed by atoms with van der Waals surface area (Å²) in [4.78, 5) is 26.5. The lowest BCUT2D eigenvalue weighted by molar-refractivity contribution is -0.130. The van der Waals surface area contributed by atoms with Gasteiger partial charge in [-0.05, 0) is 23.8 Å². The van der Waals surface area contributed by atoms with Gasteiger partial charge in [-0.15, -0.1) is 0 Å². The van der Waals surface area contributed by atoms with Crippen molar-refractivity contribution in [3.05, 3.63) is 41.1 Å². The second kappa shape index (κ2) is 4.83. The molecule has 5 heteroatoms. The molecule has 0 radical (unpaired) electrons. The number of aliphatic imine (C=N–C) groups is 1. The van der Waals surface area contributed by atoms with Crippen LogP contribution in [0, 0.1) is 0 Å². The molecule has 18 heavy (non-hydrogen) atoms. The number of methoxy groups -OCH3 is 1. The van der Waals surface area contributed by atoms with E-state index < -0.39 is 11.9 Å². The summed E-state index contributed by atoms with van der Waals surface area (Å²) >= 11 is 0. The molecule has 1 heterocycles. The molecule has 1 aliphatic rings. The third-order valence-electron chi connectivity index (χ3n) is 2.36. The second-order valence-corrected chi connectivity index (χ2v) is 3.66. The van der Waals surface area contributed by atoms with Crippen molar-refractivity contribution in [3.63, 3.8) is 0 Å². The van der Waals surface area contributed by atoms with E-state index in [1.165, 1.54) is 7.11 Å². The lowest BCUT2D eigenvalue weighted by atomic mass is 10.1. The Morgan fingerprint density at radius 2 is 2.00 bits per heavy atom. The van der Waals surface area contributed by atoms with E-state index in [0.29, 0.717) is 11.5 Å². The second-order valence-electron chi connectivity index (χ2n) is 3.66. The number of hydrogen-bond acceptors (Lipinski definition) is 5. The molecule has 92 valence electrons. The van der Waals surface area contributed by atoms with Crippen molar-refractivity contribution in [3.8, 4) is 0 Å². The highest BCUT2D eigenvalue weighted by atomic mass is 16.6. The van der Waals surface area contributed by atoms with Crippen LogP contribution >= 0.6 is 0 Å². The van der Waals surface area contributed by atoms with Crippen LogP contribution in [-0.4, -0.2) is 24.9 Å². The van der Waals surface area contributed by atoms with Crippen LogP contribution in [0.15, 0.2) is 35.0 Å². The van der Waals surface area contributed by atoms with E-state index in [9.17, 15) is 9.59 Å². The van der Waals surface area contributed by atoms with E-state index >= 15 is 0 Å². The standard InChI is InChI=1S/C13H11NO4/c1-8-14-11(13(16)18-8)7-9-3-5-10(6-4-9)12(15)17-2/h3-7H,1-2H3. The number of cyclic esters (lactones) is 1. The van der Waals surface area contributed by atoms with Crippen LogP contribution in [-0.2, 0) is 14.3 Å². The number of ether oxygens (including phenoxy) is 2. The summed E-state index contributed by atoms with van der Waals surface area (Å²) in [5.74, 6) is -0.537. The van der Waals surface area contributed by atoms with Crippen molar-refractivity contribution >= 4 is 23.9 Å². The largest absolute Gasteiger partial charge is 0.465 e. The molecule has 0 unspecified atom stereocenters. The van der Waals surface area contributed by atoms with E-state index in [-0.39, 0.29) is 5.70 Å². The number of nitrogens with zero attached hydrogens (tertiary/aromatic N) is 1. The third-order valence-corrected chi connectivity index (χ3v) is 2.36. The predicted octanol–water partition coefficient (Wildman–Crippen LogP) is 1.79. The first-order valence-electron chi connectivity index (χ1n) is 5.27. The Hall–Kier alpha value is -2.43. The Morgan fingerprint density at radius 3 is 2.50 bits per heavy atom. The maximum Gasteiger partial charge on any atom is 0.363 e. The molecule has 0 atom stereocenters. The van der Waals surface area contributed by atoms with Gasteiger partial charge in [0.25, 0.3) is 0 Å². The maximum atomic E-state index is 11.3. The van der Waals surface area contributed by atoms with Crippen molar-refractivity contribution in [2.24, 2.45) is 4.99 Å². The minimum Gasteiger partial charge on any atom is -0.465 e. The number of esters is 2. The van der Waals surface area contributed by atoms with Gasteiger partial charge in [0.05, 0.1) is 12.7 Å². The predicted molar refractivity (Wildman–Crippen MR) is 65.0 cm³/mol. The van der Waals surface area contributed by atoms with E-state index in [2.05, 4.69) is 9.73 Å². The van der Waals surface area contributed by atoms with Crippen LogP contribution in [0.25, 0.3) is 6.08 Å². The average Bonchev–Trinajstić information content (AvgIpc) is 2.68. The van der Waals surface area contributed by atoms with Gasteiger partial charge >= 0.3 is 11.9 Å². The van der Waals surface area contributed by atoms with Gasteiger partial charge in [-0.2, -0.15) is 0 Å². The molecular weight excluding hydrogens is 234 g/mol. The monoisotopic (exact) mass is 245 g/mol. The van der Waals surface area contributed by atoms with Crippen LogP contribution in [0.2, 0.25) is 0 Å². The molecule has 0 bridgehead atoms. The van der Waals surface area contributed by atoms with Crippen LogP contribution in [0.4, 0.5) is 0 Å². The van der Waals surface area contributed by atoms with E-state index in [1.54, 1.807) is 37.3 Å². The first-order valence-corrected chi connectivity index (χ1v) is 5.27. The van der Waals surface area contributed by atoms with E-state index in [0.717, 1.165) is 5.56 Å². The zero-order valence-electron chi connectivity index (χ0n) is 9.97. The Morgan fingerprint density at radius 1 is 1.33 bits per heavy atom. The number of carbonyl (C=O) groups is 2. The molecule has 5 nitrogen and oxygen atoms in total. The van der Waals surface area contributed by atoms with Gasteiger partial charge in [-0.25, -0.2) is 14.6 Å². The van der Waals surface area contributed by atoms with Crippen molar-refractivity contribution in [2.75, 3.05) is 7.11 Å². The number of hydrogen-bond donors (Lipinski definition) is 0. The van der Waals surface area contributed by atoms with E-state index in [4.69, 9.17) is 4.74 Å². The number of rotatable bonds is 2. The average molecular weight is 245 g/mol. The summed E-state index contributed by atoms with van der Waals surface area (Å²) in [5, 5.41) is 0. The number of carbonyl (C=O) groups excluding carboxylic acids is 2. The van der Waals surface area contributed by atoms with Crippen LogP contribution in [0.5, 0.6) is 0 Å². The quantitative estimate of drug-likeness (QED) is 0.588. The molecule has 0 N–H and O–H groups in total.